The molecule has 30 valence electrons. The van der Waals surface area contributed by atoms with Crippen LogP contribution in [0, 0.1) is 0 Å². The van der Waals surface area contributed by atoms with Crippen LogP contribution in [0.15, 0.2) is 0 Å². The molecular formula is C2H8ClNNa2. The van der Waals surface area contributed by atoms with Gasteiger partial charge >= 0.3 is 0 Å². The van der Waals surface area contributed by atoms with Crippen molar-refractivity contribution in [2.24, 2.45) is 0 Å². The molecule has 2 radical (unpaired) electrons. The third kappa shape index (κ3) is 34.0. The van der Waals surface area contributed by atoms with Gasteiger partial charge in [-0.15, -0.1) is 0 Å². The summed E-state index contributed by atoms with van der Waals surface area (Å²) in [5.74, 6) is 0. The third-order valence-electron chi connectivity index (χ3n) is 0. The summed E-state index contributed by atoms with van der Waals surface area (Å²) in [5.41, 5.74) is 0. The molecule has 0 unspecified atom stereocenters. The van der Waals surface area contributed by atoms with E-state index in [1.807, 2.05) is 19.4 Å². The molecule has 1 nitrogen and oxygen atoms in total. The van der Waals surface area contributed by atoms with Gasteiger partial charge in [-0.25, -0.2) is 0 Å². The molecule has 6 heavy (non-hydrogen) atoms. The summed E-state index contributed by atoms with van der Waals surface area (Å²) >= 11 is 0. The summed E-state index contributed by atoms with van der Waals surface area (Å²) in [4.78, 5) is 0. The molecule has 0 atom stereocenters. The maximum atomic E-state index is 2.00. The van der Waals surface area contributed by atoms with Gasteiger partial charge in [-0.05, 0) is 0 Å². The average Bonchev–Trinajstić information content (AvgIpc) is 0.918. The van der Waals surface area contributed by atoms with E-state index in [0.29, 0.717) is 0 Å². The summed E-state index contributed by atoms with van der Waals surface area (Å²) in [6, 6.07) is 0. The molecule has 0 aliphatic heterocycles. The van der Waals surface area contributed by atoms with Crippen LogP contribution in [-0.4, -0.2) is 73.2 Å². The minimum absolute atomic E-state index is 0. The molecule has 0 fully saturated rings. The van der Waals surface area contributed by atoms with E-state index >= 15 is 0 Å². The van der Waals surface area contributed by atoms with Crippen LogP contribution >= 0.6 is 0 Å². The Morgan fingerprint density at radius 1 is 1.00 bits per heavy atom. The number of quaternary nitrogens is 1. The number of hydrogen-bond acceptors (Lipinski definition) is 0. The van der Waals surface area contributed by atoms with Crippen LogP contribution in [0.3, 0.4) is 0 Å². The fourth-order valence-corrected chi connectivity index (χ4v) is 0. The first kappa shape index (κ1) is 24.0. The molecule has 0 aromatic heterocycles. The van der Waals surface area contributed by atoms with Crippen molar-refractivity contribution in [3.8, 4) is 0 Å². The summed E-state index contributed by atoms with van der Waals surface area (Å²) in [7, 11) is 4.00. The number of nitrogens with two attached hydrogens (primary N) is 1. The minimum Gasteiger partial charge on any atom is -1.00 e. The molecule has 0 aromatic rings. The second kappa shape index (κ2) is 26.8. The Kier molecular flexibility index (Phi) is 107. The summed E-state index contributed by atoms with van der Waals surface area (Å²) < 4.78 is 0. The standard InChI is InChI=1S/C2H7N.ClH.2Na/c1-3-2;;;/h3H,1-2H3;1H;;. The van der Waals surface area contributed by atoms with E-state index in [2.05, 4.69) is 0 Å². The largest absolute Gasteiger partial charge is 1.00 e. The Bertz CT molecular complexity index is 11.5. The Morgan fingerprint density at radius 3 is 1.00 bits per heavy atom. The van der Waals surface area contributed by atoms with Gasteiger partial charge < -0.3 is 17.7 Å². The maximum Gasteiger partial charge on any atom is 0.0647 e. The van der Waals surface area contributed by atoms with Gasteiger partial charge in [-0.3, -0.25) is 0 Å². The van der Waals surface area contributed by atoms with Crippen molar-refractivity contribution in [2.45, 2.75) is 0 Å². The number of hydrogen-bond donors (Lipinski definition) is 1. The predicted molar refractivity (Wildman–Crippen MR) is 25.3 cm³/mol. The van der Waals surface area contributed by atoms with E-state index in [4.69, 9.17) is 0 Å². The first-order chi connectivity index (χ1) is 1.41. The normalized spacial score (nSPS) is 3.00. The minimum atomic E-state index is 0. The fraction of sp³-hybridized carbons (Fsp3) is 1.00. The van der Waals surface area contributed by atoms with E-state index in [-0.39, 0.29) is 71.5 Å². The average molecular weight is 128 g/mol. The van der Waals surface area contributed by atoms with Gasteiger partial charge in [-0.1, -0.05) is 0 Å². The first-order valence-corrected chi connectivity index (χ1v) is 1.15. The molecule has 2 N–H and O–H groups in total. The maximum absolute atomic E-state index is 2.00. The molecule has 4 heteroatoms. The van der Waals surface area contributed by atoms with Gasteiger partial charge in [0.25, 0.3) is 0 Å². The van der Waals surface area contributed by atoms with Crippen molar-refractivity contribution in [1.29, 1.82) is 0 Å². The van der Waals surface area contributed by atoms with Crippen LogP contribution in [0.4, 0.5) is 0 Å². The third-order valence-corrected chi connectivity index (χ3v) is 0. The quantitative estimate of drug-likeness (QED) is 0.314. The van der Waals surface area contributed by atoms with E-state index in [1.54, 1.807) is 0 Å². The van der Waals surface area contributed by atoms with Crippen molar-refractivity contribution in [3.63, 3.8) is 0 Å². The Hall–Kier alpha value is 2.25. The summed E-state index contributed by atoms with van der Waals surface area (Å²) in [5, 5.41) is 2.00. The van der Waals surface area contributed by atoms with Crippen LogP contribution in [0.2, 0.25) is 0 Å². The van der Waals surface area contributed by atoms with E-state index in [1.165, 1.54) is 0 Å². The van der Waals surface area contributed by atoms with Gasteiger partial charge in [0.1, 0.15) is 0 Å². The zero-order valence-electron chi connectivity index (χ0n) is 4.96. The van der Waals surface area contributed by atoms with Crippen LogP contribution < -0.4 is 17.7 Å². The zero-order valence-corrected chi connectivity index (χ0v) is 9.71. The molecule has 0 aromatic carbocycles. The molecule has 0 spiro atoms. The van der Waals surface area contributed by atoms with Gasteiger partial charge in [0, 0.05) is 59.1 Å². The molecule has 0 rings (SSSR count). The second-order valence-electron chi connectivity index (χ2n) is 0.577. The monoisotopic (exact) mass is 127 g/mol. The molecule has 0 heterocycles. The van der Waals surface area contributed by atoms with Crippen molar-refractivity contribution in [3.05, 3.63) is 0 Å². The second-order valence-corrected chi connectivity index (χ2v) is 0.577. The molecule has 0 amide bonds. The van der Waals surface area contributed by atoms with Crippen LogP contribution in [-0.2, 0) is 0 Å². The van der Waals surface area contributed by atoms with Gasteiger partial charge in [0.05, 0.1) is 14.1 Å². The number of halogens is 1. The molecular weight excluding hydrogens is 119 g/mol. The number of rotatable bonds is 0. The topological polar surface area (TPSA) is 16.6 Å². The fourth-order valence-electron chi connectivity index (χ4n) is 0. The SMILES string of the molecule is C[NH2+]C.[Cl-].[Na].[Na]. The van der Waals surface area contributed by atoms with E-state index < -0.39 is 0 Å². The van der Waals surface area contributed by atoms with Crippen molar-refractivity contribution in [1.82, 2.24) is 0 Å². The first-order valence-electron chi connectivity index (χ1n) is 1.15. The zero-order chi connectivity index (χ0) is 2.71. The smallest absolute Gasteiger partial charge is 0.0647 e. The van der Waals surface area contributed by atoms with Crippen molar-refractivity contribution in [2.75, 3.05) is 14.1 Å². The predicted octanol–water partition coefficient (Wildman–Crippen LogP) is -4.95. The molecule has 0 bridgehead atoms. The van der Waals surface area contributed by atoms with Gasteiger partial charge in [-0.2, -0.15) is 0 Å². The Balaban J connectivity index is -0.00000000667. The Labute approximate surface area is 89.6 Å². The summed E-state index contributed by atoms with van der Waals surface area (Å²) in [6.45, 7) is 0. The van der Waals surface area contributed by atoms with Crippen molar-refractivity contribution < 1.29 is 17.7 Å². The molecule has 0 aliphatic rings. The van der Waals surface area contributed by atoms with Crippen LogP contribution in [0.1, 0.15) is 0 Å². The molecule has 0 saturated heterocycles. The summed E-state index contributed by atoms with van der Waals surface area (Å²) in [6.07, 6.45) is 0. The van der Waals surface area contributed by atoms with Crippen LogP contribution in [0.5, 0.6) is 0 Å². The van der Waals surface area contributed by atoms with E-state index in [0.717, 1.165) is 0 Å². The van der Waals surface area contributed by atoms with Crippen molar-refractivity contribution >= 4 is 59.1 Å². The molecule has 0 saturated carbocycles. The van der Waals surface area contributed by atoms with Crippen LogP contribution in [0.25, 0.3) is 0 Å². The Morgan fingerprint density at radius 2 is 1.00 bits per heavy atom. The van der Waals surface area contributed by atoms with Gasteiger partial charge in [0.15, 0.2) is 0 Å². The molecule has 0 aliphatic carbocycles. The van der Waals surface area contributed by atoms with Gasteiger partial charge in [0.2, 0.25) is 0 Å². The van der Waals surface area contributed by atoms with E-state index in [9.17, 15) is 0 Å².